The number of rotatable bonds is 2. The van der Waals surface area contributed by atoms with Crippen molar-refractivity contribution in [2.24, 2.45) is 5.16 Å². The summed E-state index contributed by atoms with van der Waals surface area (Å²) >= 11 is 6.55. The summed E-state index contributed by atoms with van der Waals surface area (Å²) < 4.78 is 27.7. The topological polar surface area (TPSA) is 70.0 Å². The Morgan fingerprint density at radius 1 is 1.21 bits per heavy atom. The molecule has 0 spiro atoms. The van der Waals surface area contributed by atoms with Crippen molar-refractivity contribution in [1.82, 2.24) is 4.31 Å². The smallest absolute Gasteiger partial charge is 0.244 e. The van der Waals surface area contributed by atoms with Crippen LogP contribution in [0.4, 0.5) is 0 Å². The molecule has 1 aromatic carbocycles. The van der Waals surface area contributed by atoms with Gasteiger partial charge < -0.3 is 5.21 Å². The van der Waals surface area contributed by atoms with Gasteiger partial charge in [0.25, 0.3) is 0 Å². The van der Waals surface area contributed by atoms with Gasteiger partial charge in [0, 0.05) is 34.9 Å². The first-order valence-electron chi connectivity index (χ1n) is 5.60. The standard InChI is InChI=1S/C11H12Br2N2O3S/c12-8-1-2-10(13)11(7-8)19(17,18)15-5-3-9(14-16)4-6-15/h1-2,7,16H,3-6H2. The van der Waals surface area contributed by atoms with E-state index in [0.717, 1.165) is 0 Å². The van der Waals surface area contributed by atoms with Crippen LogP contribution in [0, 0.1) is 0 Å². The van der Waals surface area contributed by atoms with Crippen molar-refractivity contribution < 1.29 is 13.6 Å². The maximum Gasteiger partial charge on any atom is 0.244 e. The van der Waals surface area contributed by atoms with Crippen molar-refractivity contribution in [1.29, 1.82) is 0 Å². The first-order valence-corrected chi connectivity index (χ1v) is 8.63. The molecule has 0 radical (unpaired) electrons. The van der Waals surface area contributed by atoms with Gasteiger partial charge in [0.05, 0.1) is 10.6 Å². The highest BCUT2D eigenvalue weighted by Crippen LogP contribution is 2.29. The second-order valence-electron chi connectivity index (χ2n) is 4.15. The molecule has 0 aliphatic carbocycles. The van der Waals surface area contributed by atoms with Crippen LogP contribution in [0.25, 0.3) is 0 Å². The number of hydrogen-bond donors (Lipinski definition) is 1. The molecule has 2 rings (SSSR count). The SMILES string of the molecule is O=S(=O)(c1cc(Br)ccc1Br)N1CCC(=NO)CC1. The Bertz CT molecular complexity index is 606. The van der Waals surface area contributed by atoms with Gasteiger partial charge in [-0.05, 0) is 34.1 Å². The molecule has 0 aromatic heterocycles. The molecule has 1 fully saturated rings. The summed E-state index contributed by atoms with van der Waals surface area (Å²) in [5.41, 5.74) is 0.639. The largest absolute Gasteiger partial charge is 0.411 e. The molecule has 1 N–H and O–H groups in total. The summed E-state index contributed by atoms with van der Waals surface area (Å²) in [6.07, 6.45) is 0.919. The average molecular weight is 412 g/mol. The summed E-state index contributed by atoms with van der Waals surface area (Å²) in [4.78, 5) is 0.242. The second-order valence-corrected chi connectivity index (χ2v) is 7.82. The molecule has 1 heterocycles. The van der Waals surface area contributed by atoms with Crippen LogP contribution in [-0.4, -0.2) is 36.7 Å². The normalized spacial score (nSPS) is 17.5. The summed E-state index contributed by atoms with van der Waals surface area (Å²) in [6.45, 7) is 0.668. The molecule has 19 heavy (non-hydrogen) atoms. The van der Waals surface area contributed by atoms with E-state index in [2.05, 4.69) is 37.0 Å². The molecular formula is C11H12Br2N2O3S. The fourth-order valence-corrected chi connectivity index (χ4v) is 4.80. The van der Waals surface area contributed by atoms with Crippen LogP contribution in [0.3, 0.4) is 0 Å². The Morgan fingerprint density at radius 2 is 1.84 bits per heavy atom. The number of piperidine rings is 1. The zero-order valence-corrected chi connectivity index (χ0v) is 13.9. The highest BCUT2D eigenvalue weighted by Gasteiger charge is 2.29. The van der Waals surface area contributed by atoms with Gasteiger partial charge in [-0.15, -0.1) is 0 Å². The van der Waals surface area contributed by atoms with Gasteiger partial charge in [-0.1, -0.05) is 21.1 Å². The van der Waals surface area contributed by atoms with E-state index >= 15 is 0 Å². The van der Waals surface area contributed by atoms with E-state index in [1.54, 1.807) is 18.2 Å². The Kier molecular flexibility index (Phi) is 4.65. The molecular weight excluding hydrogens is 400 g/mol. The summed E-state index contributed by atoms with van der Waals surface area (Å²) in [5, 5.41) is 11.8. The Morgan fingerprint density at radius 3 is 2.42 bits per heavy atom. The van der Waals surface area contributed by atoms with E-state index in [1.165, 1.54) is 4.31 Å². The molecule has 0 atom stereocenters. The van der Waals surface area contributed by atoms with Crippen LogP contribution in [0.5, 0.6) is 0 Å². The fraction of sp³-hybridized carbons (Fsp3) is 0.364. The van der Waals surface area contributed by atoms with Crippen LogP contribution in [0.15, 0.2) is 37.2 Å². The third-order valence-electron chi connectivity index (χ3n) is 2.95. The first-order chi connectivity index (χ1) is 8.95. The Labute approximate surface area is 128 Å². The van der Waals surface area contributed by atoms with Gasteiger partial charge in [-0.25, -0.2) is 8.42 Å². The van der Waals surface area contributed by atoms with E-state index in [0.29, 0.717) is 40.6 Å². The molecule has 8 heteroatoms. The quantitative estimate of drug-likeness (QED) is 0.600. The van der Waals surface area contributed by atoms with Crippen molar-refractivity contribution in [3.05, 3.63) is 27.1 Å². The maximum atomic E-state index is 12.5. The van der Waals surface area contributed by atoms with Gasteiger partial charge in [-0.3, -0.25) is 0 Å². The van der Waals surface area contributed by atoms with Crippen LogP contribution in [-0.2, 0) is 10.0 Å². The van der Waals surface area contributed by atoms with E-state index in [4.69, 9.17) is 5.21 Å². The van der Waals surface area contributed by atoms with E-state index in [-0.39, 0.29) is 4.90 Å². The third-order valence-corrected chi connectivity index (χ3v) is 6.34. The molecule has 1 aromatic rings. The molecule has 5 nitrogen and oxygen atoms in total. The number of sulfonamides is 1. The number of benzene rings is 1. The van der Waals surface area contributed by atoms with Gasteiger partial charge in [0.15, 0.2) is 0 Å². The number of hydrogen-bond acceptors (Lipinski definition) is 4. The number of oxime groups is 1. The maximum absolute atomic E-state index is 12.5. The van der Waals surface area contributed by atoms with Crippen molar-refractivity contribution in [3.8, 4) is 0 Å². The molecule has 0 unspecified atom stereocenters. The van der Waals surface area contributed by atoms with Crippen LogP contribution in [0.2, 0.25) is 0 Å². The third kappa shape index (κ3) is 3.18. The predicted molar refractivity (Wildman–Crippen MR) is 79.1 cm³/mol. The van der Waals surface area contributed by atoms with E-state index < -0.39 is 10.0 Å². The van der Waals surface area contributed by atoms with Crippen molar-refractivity contribution in [3.63, 3.8) is 0 Å². The number of nitrogens with zero attached hydrogens (tertiary/aromatic N) is 2. The molecule has 1 aliphatic heterocycles. The molecule has 104 valence electrons. The lowest BCUT2D eigenvalue weighted by Crippen LogP contribution is -2.38. The lowest BCUT2D eigenvalue weighted by Gasteiger charge is -2.26. The van der Waals surface area contributed by atoms with Gasteiger partial charge in [0.2, 0.25) is 10.0 Å². The summed E-state index contributed by atoms with van der Waals surface area (Å²) in [6, 6.07) is 5.05. The molecule has 1 aliphatic rings. The predicted octanol–water partition coefficient (Wildman–Crippen LogP) is 2.83. The lowest BCUT2D eigenvalue weighted by atomic mass is 10.1. The van der Waals surface area contributed by atoms with Gasteiger partial charge >= 0.3 is 0 Å². The fourth-order valence-electron chi connectivity index (χ4n) is 1.90. The zero-order valence-electron chi connectivity index (χ0n) is 9.88. The van der Waals surface area contributed by atoms with Crippen LogP contribution < -0.4 is 0 Å². The minimum Gasteiger partial charge on any atom is -0.411 e. The van der Waals surface area contributed by atoms with Gasteiger partial charge in [0.1, 0.15) is 0 Å². The highest BCUT2D eigenvalue weighted by molar-refractivity contribution is 9.11. The van der Waals surface area contributed by atoms with Crippen molar-refractivity contribution in [2.75, 3.05) is 13.1 Å². The minimum absolute atomic E-state index is 0.242. The van der Waals surface area contributed by atoms with Gasteiger partial charge in [-0.2, -0.15) is 4.31 Å². The Balaban J connectivity index is 2.31. The molecule has 1 saturated heterocycles. The van der Waals surface area contributed by atoms with E-state index in [9.17, 15) is 8.42 Å². The van der Waals surface area contributed by atoms with E-state index in [1.807, 2.05) is 0 Å². The molecule has 0 bridgehead atoms. The Hall–Kier alpha value is -0.440. The van der Waals surface area contributed by atoms with Crippen LogP contribution in [0.1, 0.15) is 12.8 Å². The summed E-state index contributed by atoms with van der Waals surface area (Å²) in [5.74, 6) is 0. The first kappa shape index (κ1) is 15.0. The average Bonchev–Trinajstić information content (AvgIpc) is 2.41. The number of halogens is 2. The zero-order chi connectivity index (χ0) is 14.0. The highest BCUT2D eigenvalue weighted by atomic mass is 79.9. The lowest BCUT2D eigenvalue weighted by molar-refractivity contribution is 0.309. The van der Waals surface area contributed by atoms with Crippen molar-refractivity contribution >= 4 is 47.6 Å². The molecule has 0 amide bonds. The minimum atomic E-state index is -3.53. The molecule has 0 saturated carbocycles. The summed E-state index contributed by atoms with van der Waals surface area (Å²) in [7, 11) is -3.53. The van der Waals surface area contributed by atoms with Crippen molar-refractivity contribution in [2.45, 2.75) is 17.7 Å². The second kappa shape index (κ2) is 5.90. The van der Waals surface area contributed by atoms with Crippen LogP contribution >= 0.6 is 31.9 Å². The monoisotopic (exact) mass is 410 g/mol.